The molecule has 78 valence electrons. The zero-order valence-corrected chi connectivity index (χ0v) is 8.77. The third-order valence-corrected chi connectivity index (χ3v) is 2.70. The van der Waals surface area contributed by atoms with Gasteiger partial charge in [0.2, 0.25) is 0 Å². The van der Waals surface area contributed by atoms with Crippen molar-refractivity contribution in [2.75, 3.05) is 0 Å². The van der Waals surface area contributed by atoms with Crippen LogP contribution in [-0.4, -0.2) is 9.97 Å². The molecule has 2 nitrogen and oxygen atoms in total. The van der Waals surface area contributed by atoms with E-state index in [-0.39, 0.29) is 0 Å². The summed E-state index contributed by atoms with van der Waals surface area (Å²) in [5.41, 5.74) is 4.72. The van der Waals surface area contributed by atoms with E-state index in [1.54, 1.807) is 0 Å². The molecule has 0 saturated carbocycles. The first-order valence-electron chi connectivity index (χ1n) is 5.31. The molecule has 0 aliphatic rings. The highest BCUT2D eigenvalue weighted by Crippen LogP contribution is 2.22. The second-order valence-corrected chi connectivity index (χ2v) is 3.74. The molecule has 2 heteroatoms. The summed E-state index contributed by atoms with van der Waals surface area (Å²) in [6, 6.07) is 16.7. The van der Waals surface area contributed by atoms with Gasteiger partial charge in [-0.1, -0.05) is 24.3 Å². The van der Waals surface area contributed by atoms with Crippen molar-refractivity contribution in [3.63, 3.8) is 0 Å². The van der Waals surface area contributed by atoms with Gasteiger partial charge in [-0.2, -0.15) is 0 Å². The van der Waals surface area contributed by atoms with Crippen molar-refractivity contribution in [2.24, 2.45) is 0 Å². The lowest BCUT2D eigenvalue weighted by molar-refractivity contribution is 1.38. The van der Waals surface area contributed by atoms with E-state index in [1.165, 1.54) is 11.1 Å². The Balaban J connectivity index is 1.97. The SMILES string of the molecule is c1c[nH]c(-c2ccc(-c3ccc[nH]3)cc2)c1. The summed E-state index contributed by atoms with van der Waals surface area (Å²) in [5.74, 6) is 0. The Morgan fingerprint density at radius 1 is 0.562 bits per heavy atom. The Kier molecular flexibility index (Phi) is 2.11. The van der Waals surface area contributed by atoms with Crippen LogP contribution in [-0.2, 0) is 0 Å². The van der Waals surface area contributed by atoms with Gasteiger partial charge >= 0.3 is 0 Å². The van der Waals surface area contributed by atoms with Crippen LogP contribution in [0, 0.1) is 0 Å². The first-order valence-corrected chi connectivity index (χ1v) is 5.31. The second-order valence-electron chi connectivity index (χ2n) is 3.74. The topological polar surface area (TPSA) is 31.6 Å². The lowest BCUT2D eigenvalue weighted by Gasteiger charge is -2.01. The van der Waals surface area contributed by atoms with Crippen LogP contribution in [0.4, 0.5) is 0 Å². The fraction of sp³-hybridized carbons (Fsp3) is 0. The molecule has 0 bridgehead atoms. The van der Waals surface area contributed by atoms with Crippen LogP contribution < -0.4 is 0 Å². The zero-order valence-electron chi connectivity index (χ0n) is 8.77. The molecule has 0 saturated heterocycles. The fourth-order valence-electron chi connectivity index (χ4n) is 1.85. The summed E-state index contributed by atoms with van der Waals surface area (Å²) in [7, 11) is 0. The zero-order chi connectivity index (χ0) is 10.8. The smallest absolute Gasteiger partial charge is 0.0453 e. The van der Waals surface area contributed by atoms with Crippen LogP contribution in [0.3, 0.4) is 0 Å². The molecule has 3 aromatic rings. The molecule has 0 aliphatic heterocycles. The highest BCUT2D eigenvalue weighted by Gasteiger charge is 2.00. The first kappa shape index (κ1) is 9.04. The van der Waals surface area contributed by atoms with Gasteiger partial charge in [0.25, 0.3) is 0 Å². The number of hydrogen-bond donors (Lipinski definition) is 2. The average Bonchev–Trinajstić information content (AvgIpc) is 3.03. The molecule has 0 fully saturated rings. The normalized spacial score (nSPS) is 10.5. The molecule has 0 unspecified atom stereocenters. The molecule has 2 aromatic heterocycles. The number of aromatic nitrogens is 2. The summed E-state index contributed by atoms with van der Waals surface area (Å²) in [6.45, 7) is 0. The van der Waals surface area contributed by atoms with E-state index in [2.05, 4.69) is 46.4 Å². The number of aromatic amines is 2. The van der Waals surface area contributed by atoms with E-state index in [9.17, 15) is 0 Å². The Labute approximate surface area is 94.0 Å². The largest absolute Gasteiger partial charge is 0.361 e. The maximum absolute atomic E-state index is 3.20. The predicted octanol–water partition coefficient (Wildman–Crippen LogP) is 3.68. The molecular weight excluding hydrogens is 196 g/mol. The minimum Gasteiger partial charge on any atom is -0.361 e. The summed E-state index contributed by atoms with van der Waals surface area (Å²) in [4.78, 5) is 6.40. The second kappa shape index (κ2) is 3.74. The number of nitrogens with one attached hydrogen (secondary N) is 2. The quantitative estimate of drug-likeness (QED) is 0.644. The van der Waals surface area contributed by atoms with Gasteiger partial charge in [-0.05, 0) is 35.4 Å². The summed E-state index contributed by atoms with van der Waals surface area (Å²) in [6.07, 6.45) is 3.88. The first-order chi connectivity index (χ1) is 7.93. The highest BCUT2D eigenvalue weighted by molar-refractivity contribution is 5.66. The van der Waals surface area contributed by atoms with Gasteiger partial charge in [0.1, 0.15) is 0 Å². The van der Waals surface area contributed by atoms with E-state index >= 15 is 0 Å². The number of H-pyrrole nitrogens is 2. The van der Waals surface area contributed by atoms with Crippen LogP contribution >= 0.6 is 0 Å². The van der Waals surface area contributed by atoms with Crippen molar-refractivity contribution in [1.82, 2.24) is 9.97 Å². The number of benzene rings is 1. The lowest BCUT2D eigenvalue weighted by atomic mass is 10.1. The fourth-order valence-corrected chi connectivity index (χ4v) is 1.85. The van der Waals surface area contributed by atoms with Gasteiger partial charge in [0.15, 0.2) is 0 Å². The summed E-state index contributed by atoms with van der Waals surface area (Å²) < 4.78 is 0. The molecule has 0 amide bonds. The van der Waals surface area contributed by atoms with Crippen LogP contribution in [0.25, 0.3) is 22.5 Å². The van der Waals surface area contributed by atoms with Gasteiger partial charge in [0, 0.05) is 23.8 Å². The van der Waals surface area contributed by atoms with E-state index < -0.39 is 0 Å². The predicted molar refractivity (Wildman–Crippen MR) is 66.0 cm³/mol. The maximum Gasteiger partial charge on any atom is 0.0453 e. The molecule has 0 radical (unpaired) electrons. The minimum absolute atomic E-state index is 1.15. The average molecular weight is 208 g/mol. The molecule has 3 rings (SSSR count). The lowest BCUT2D eigenvalue weighted by Crippen LogP contribution is -1.79. The Hall–Kier alpha value is -2.22. The highest BCUT2D eigenvalue weighted by atomic mass is 14.7. The Morgan fingerprint density at radius 2 is 1.00 bits per heavy atom. The van der Waals surface area contributed by atoms with Crippen molar-refractivity contribution < 1.29 is 0 Å². The summed E-state index contributed by atoms with van der Waals surface area (Å²) in [5, 5.41) is 0. The van der Waals surface area contributed by atoms with Crippen molar-refractivity contribution in [3.05, 3.63) is 60.9 Å². The van der Waals surface area contributed by atoms with Gasteiger partial charge in [-0.25, -0.2) is 0 Å². The monoisotopic (exact) mass is 208 g/mol. The molecule has 0 atom stereocenters. The maximum atomic E-state index is 3.20. The number of hydrogen-bond acceptors (Lipinski definition) is 0. The standard InChI is InChI=1S/C14H12N2/c1-3-13(15-9-1)11-5-7-12(8-6-11)14-4-2-10-16-14/h1-10,15-16H. The van der Waals surface area contributed by atoms with Gasteiger partial charge < -0.3 is 9.97 Å². The minimum atomic E-state index is 1.15. The van der Waals surface area contributed by atoms with E-state index in [0.717, 1.165) is 11.4 Å². The molecule has 0 spiro atoms. The third-order valence-electron chi connectivity index (χ3n) is 2.70. The molecule has 16 heavy (non-hydrogen) atoms. The van der Waals surface area contributed by atoms with Crippen LogP contribution in [0.2, 0.25) is 0 Å². The van der Waals surface area contributed by atoms with E-state index in [4.69, 9.17) is 0 Å². The molecule has 2 N–H and O–H groups in total. The molecular formula is C14H12N2. The molecule has 1 aromatic carbocycles. The van der Waals surface area contributed by atoms with Gasteiger partial charge in [-0.15, -0.1) is 0 Å². The van der Waals surface area contributed by atoms with Crippen LogP contribution in [0.15, 0.2) is 60.9 Å². The van der Waals surface area contributed by atoms with Crippen molar-refractivity contribution in [3.8, 4) is 22.5 Å². The van der Waals surface area contributed by atoms with Crippen LogP contribution in [0.1, 0.15) is 0 Å². The molecule has 0 aliphatic carbocycles. The van der Waals surface area contributed by atoms with Crippen molar-refractivity contribution in [2.45, 2.75) is 0 Å². The van der Waals surface area contributed by atoms with Crippen molar-refractivity contribution in [1.29, 1.82) is 0 Å². The van der Waals surface area contributed by atoms with E-state index in [1.807, 2.05) is 24.5 Å². The third kappa shape index (κ3) is 1.54. The Morgan fingerprint density at radius 3 is 1.31 bits per heavy atom. The number of rotatable bonds is 2. The Bertz CT molecular complexity index is 492. The van der Waals surface area contributed by atoms with Gasteiger partial charge in [-0.3, -0.25) is 0 Å². The molecule has 2 heterocycles. The van der Waals surface area contributed by atoms with E-state index in [0.29, 0.717) is 0 Å². The van der Waals surface area contributed by atoms with Gasteiger partial charge in [0.05, 0.1) is 0 Å². The van der Waals surface area contributed by atoms with Crippen LogP contribution in [0.5, 0.6) is 0 Å². The van der Waals surface area contributed by atoms with Crippen molar-refractivity contribution >= 4 is 0 Å². The summed E-state index contributed by atoms with van der Waals surface area (Å²) >= 11 is 0.